The number of hydrogen-bond donors (Lipinski definition) is 1. The monoisotopic (exact) mass is 151 g/mol. The molecule has 0 spiro atoms. The van der Waals surface area contributed by atoms with Crippen LogP contribution in [0.25, 0.3) is 0 Å². The summed E-state index contributed by atoms with van der Waals surface area (Å²) in [5, 5.41) is 9.63. The Balaban J connectivity index is 2.81. The van der Waals surface area contributed by atoms with Gasteiger partial charge in [-0.1, -0.05) is 12.2 Å². The molecular weight excluding hydrogens is 142 g/mol. The van der Waals surface area contributed by atoms with Gasteiger partial charge in [-0.15, -0.1) is 0 Å². The number of rotatable bonds is 1. The largest absolute Gasteiger partial charge is 0.289 e. The number of hydroxylamine groups is 2. The second-order valence-electron chi connectivity index (χ2n) is 2.24. The molecule has 0 radical (unpaired) electrons. The maximum Gasteiger partial charge on any atom is 0.187 e. The van der Waals surface area contributed by atoms with Crippen molar-refractivity contribution >= 4 is 5.78 Å². The van der Waals surface area contributed by atoms with Crippen molar-refractivity contribution in [3.8, 4) is 0 Å². The molecule has 1 N–H and O–H groups in total. The molecule has 0 saturated heterocycles. The van der Waals surface area contributed by atoms with Crippen LogP contribution in [0.15, 0.2) is 36.1 Å². The van der Waals surface area contributed by atoms with Crippen molar-refractivity contribution in [1.82, 2.24) is 5.06 Å². The number of allylic oxidation sites excluding steroid dienone is 5. The third-order valence-corrected chi connectivity index (χ3v) is 1.24. The molecule has 0 saturated carbocycles. The standard InChI is InChI=1S/C8H9NO2/c1-9(11)6-7-4-2-3-5-8(7)10/h2-6,11H,1H3/b7-6-. The maximum atomic E-state index is 11.0. The quantitative estimate of drug-likeness (QED) is 0.447. The van der Waals surface area contributed by atoms with E-state index in [-0.39, 0.29) is 5.78 Å². The van der Waals surface area contributed by atoms with Gasteiger partial charge in [-0.2, -0.15) is 0 Å². The van der Waals surface area contributed by atoms with E-state index in [4.69, 9.17) is 5.21 Å². The first-order chi connectivity index (χ1) is 5.20. The lowest BCUT2D eigenvalue weighted by Crippen LogP contribution is -2.08. The van der Waals surface area contributed by atoms with Crippen LogP contribution in [0.5, 0.6) is 0 Å². The molecule has 0 bridgehead atoms. The summed E-state index contributed by atoms with van der Waals surface area (Å²) in [6.07, 6.45) is 7.88. The van der Waals surface area contributed by atoms with E-state index >= 15 is 0 Å². The van der Waals surface area contributed by atoms with E-state index < -0.39 is 0 Å². The molecule has 1 aliphatic rings. The molecule has 0 aliphatic heterocycles. The number of hydrogen-bond acceptors (Lipinski definition) is 3. The third kappa shape index (κ3) is 2.05. The fraction of sp³-hybridized carbons (Fsp3) is 0.125. The van der Waals surface area contributed by atoms with E-state index in [2.05, 4.69) is 0 Å². The Bertz CT molecular complexity index is 249. The smallest absolute Gasteiger partial charge is 0.187 e. The van der Waals surface area contributed by atoms with Crippen molar-refractivity contribution in [2.75, 3.05) is 7.05 Å². The molecule has 0 unspecified atom stereocenters. The van der Waals surface area contributed by atoms with Crippen molar-refractivity contribution in [2.45, 2.75) is 0 Å². The van der Waals surface area contributed by atoms with Gasteiger partial charge in [0, 0.05) is 18.8 Å². The van der Waals surface area contributed by atoms with Crippen LogP contribution in [0.4, 0.5) is 0 Å². The molecule has 0 aromatic carbocycles. The van der Waals surface area contributed by atoms with E-state index in [0.29, 0.717) is 5.57 Å². The molecule has 0 aromatic heterocycles. The van der Waals surface area contributed by atoms with Crippen LogP contribution >= 0.6 is 0 Å². The summed E-state index contributed by atoms with van der Waals surface area (Å²) in [6, 6.07) is 0. The van der Waals surface area contributed by atoms with E-state index in [1.807, 2.05) is 0 Å². The second kappa shape index (κ2) is 3.16. The van der Waals surface area contributed by atoms with E-state index in [1.54, 1.807) is 18.2 Å². The summed E-state index contributed by atoms with van der Waals surface area (Å²) < 4.78 is 0. The Labute approximate surface area is 64.9 Å². The normalized spacial score (nSPS) is 19.5. The lowest BCUT2D eigenvalue weighted by molar-refractivity contribution is -0.111. The van der Waals surface area contributed by atoms with Gasteiger partial charge in [-0.3, -0.25) is 15.1 Å². The highest BCUT2D eigenvalue weighted by atomic mass is 16.5. The molecule has 1 rings (SSSR count). The van der Waals surface area contributed by atoms with Crippen molar-refractivity contribution < 1.29 is 10.0 Å². The molecule has 3 nitrogen and oxygen atoms in total. The van der Waals surface area contributed by atoms with Crippen molar-refractivity contribution in [3.63, 3.8) is 0 Å². The van der Waals surface area contributed by atoms with Crippen LogP contribution in [0.2, 0.25) is 0 Å². The Kier molecular flexibility index (Phi) is 2.23. The minimum Gasteiger partial charge on any atom is -0.289 e. The van der Waals surface area contributed by atoms with Gasteiger partial charge in [0.05, 0.1) is 0 Å². The highest BCUT2D eigenvalue weighted by Crippen LogP contribution is 2.05. The fourth-order valence-electron chi connectivity index (χ4n) is 0.788. The number of ketones is 1. The van der Waals surface area contributed by atoms with Gasteiger partial charge in [0.1, 0.15) is 0 Å². The van der Waals surface area contributed by atoms with Gasteiger partial charge < -0.3 is 0 Å². The van der Waals surface area contributed by atoms with Crippen LogP contribution in [-0.4, -0.2) is 23.1 Å². The average Bonchev–Trinajstić information content (AvgIpc) is 1.93. The molecule has 1 aliphatic carbocycles. The van der Waals surface area contributed by atoms with Gasteiger partial charge in [0.2, 0.25) is 0 Å². The fourth-order valence-corrected chi connectivity index (χ4v) is 0.788. The molecule has 11 heavy (non-hydrogen) atoms. The molecule has 0 fully saturated rings. The van der Waals surface area contributed by atoms with Crippen LogP contribution in [-0.2, 0) is 4.79 Å². The van der Waals surface area contributed by atoms with Crippen molar-refractivity contribution in [3.05, 3.63) is 36.1 Å². The van der Waals surface area contributed by atoms with Crippen molar-refractivity contribution in [2.24, 2.45) is 0 Å². The summed E-state index contributed by atoms with van der Waals surface area (Å²) in [5.41, 5.74) is 0.484. The lowest BCUT2D eigenvalue weighted by atomic mass is 10.1. The molecule has 3 heteroatoms. The van der Waals surface area contributed by atoms with E-state index in [9.17, 15) is 4.79 Å². The maximum absolute atomic E-state index is 11.0. The van der Waals surface area contributed by atoms with Crippen LogP contribution < -0.4 is 0 Å². The van der Waals surface area contributed by atoms with Gasteiger partial charge in [0.25, 0.3) is 0 Å². The van der Waals surface area contributed by atoms with Gasteiger partial charge in [0.15, 0.2) is 5.78 Å². The van der Waals surface area contributed by atoms with Gasteiger partial charge >= 0.3 is 0 Å². The summed E-state index contributed by atoms with van der Waals surface area (Å²) in [7, 11) is 1.45. The molecule has 58 valence electrons. The summed E-state index contributed by atoms with van der Waals surface area (Å²) in [5.74, 6) is -0.0894. The second-order valence-corrected chi connectivity index (χ2v) is 2.24. The minimum atomic E-state index is -0.0894. The van der Waals surface area contributed by atoms with Crippen molar-refractivity contribution in [1.29, 1.82) is 0 Å². The topological polar surface area (TPSA) is 40.5 Å². The first-order valence-electron chi connectivity index (χ1n) is 3.23. The third-order valence-electron chi connectivity index (χ3n) is 1.24. The van der Waals surface area contributed by atoms with Gasteiger partial charge in [-0.05, 0) is 12.2 Å². The summed E-state index contributed by atoms with van der Waals surface area (Å²) in [6.45, 7) is 0. The minimum absolute atomic E-state index is 0.0894. The van der Waals surface area contributed by atoms with E-state index in [0.717, 1.165) is 5.06 Å². The highest BCUT2D eigenvalue weighted by Gasteiger charge is 2.04. The Morgan fingerprint density at radius 2 is 2.09 bits per heavy atom. The summed E-state index contributed by atoms with van der Waals surface area (Å²) in [4.78, 5) is 11.0. The number of carbonyl (C=O) groups is 1. The Hall–Kier alpha value is -1.35. The van der Waals surface area contributed by atoms with Crippen LogP contribution in [0.1, 0.15) is 0 Å². The zero-order valence-electron chi connectivity index (χ0n) is 6.19. The molecule has 0 heterocycles. The molecule has 0 atom stereocenters. The van der Waals surface area contributed by atoms with Crippen LogP contribution in [0, 0.1) is 0 Å². The zero-order chi connectivity index (χ0) is 8.27. The Morgan fingerprint density at radius 1 is 1.45 bits per heavy atom. The predicted octanol–water partition coefficient (Wildman–Crippen LogP) is 0.886. The summed E-state index contributed by atoms with van der Waals surface area (Å²) >= 11 is 0. The zero-order valence-corrected chi connectivity index (χ0v) is 6.19. The highest BCUT2D eigenvalue weighted by molar-refractivity contribution is 6.07. The molecule has 0 aromatic rings. The average molecular weight is 151 g/mol. The van der Waals surface area contributed by atoms with E-state index in [1.165, 1.54) is 19.3 Å². The number of nitrogens with zero attached hydrogens (tertiary/aromatic N) is 1. The first kappa shape index (κ1) is 7.75. The lowest BCUT2D eigenvalue weighted by Gasteiger charge is -2.05. The molecule has 0 amide bonds. The Morgan fingerprint density at radius 3 is 2.64 bits per heavy atom. The SMILES string of the molecule is CN(O)/C=C1/C=CC=CC1=O. The number of carbonyl (C=O) groups excluding carboxylic acids is 1. The van der Waals surface area contributed by atoms with Crippen LogP contribution in [0.3, 0.4) is 0 Å². The van der Waals surface area contributed by atoms with Gasteiger partial charge in [-0.25, -0.2) is 0 Å². The predicted molar refractivity (Wildman–Crippen MR) is 40.9 cm³/mol. The first-order valence-corrected chi connectivity index (χ1v) is 3.23. The molecular formula is C8H9NO2.